The molecular weight excluding hydrogens is 374 g/mol. The molecule has 0 bridgehead atoms. The molecule has 2 aromatic rings. The van der Waals surface area contributed by atoms with Gasteiger partial charge in [-0.05, 0) is 17.7 Å². The molecule has 0 saturated carbocycles. The predicted octanol–water partition coefficient (Wildman–Crippen LogP) is 3.02. The molecule has 26 heavy (non-hydrogen) atoms. The van der Waals surface area contributed by atoms with E-state index in [9.17, 15) is 13.2 Å². The van der Waals surface area contributed by atoms with Crippen LogP contribution in [0.2, 0.25) is 5.02 Å². The number of nitrogens with zero attached hydrogens (tertiary/aromatic N) is 2. The highest BCUT2D eigenvalue weighted by Gasteiger charge is 2.29. The van der Waals surface area contributed by atoms with Crippen molar-refractivity contribution in [2.45, 2.75) is 5.75 Å². The van der Waals surface area contributed by atoms with E-state index in [1.165, 1.54) is 4.31 Å². The van der Waals surface area contributed by atoms with Crippen LogP contribution in [0.1, 0.15) is 5.56 Å². The van der Waals surface area contributed by atoms with Gasteiger partial charge in [-0.25, -0.2) is 13.2 Å². The highest BCUT2D eigenvalue weighted by atomic mass is 35.5. The summed E-state index contributed by atoms with van der Waals surface area (Å²) < 4.78 is 26.6. The lowest BCUT2D eigenvalue weighted by Crippen LogP contribution is -2.51. The van der Waals surface area contributed by atoms with Crippen LogP contribution in [-0.2, 0) is 15.8 Å². The number of benzene rings is 2. The van der Waals surface area contributed by atoms with E-state index in [1.54, 1.807) is 41.3 Å². The van der Waals surface area contributed by atoms with E-state index >= 15 is 0 Å². The van der Waals surface area contributed by atoms with Crippen molar-refractivity contribution in [1.82, 2.24) is 9.21 Å². The third kappa shape index (κ3) is 4.55. The second-order valence-corrected chi connectivity index (χ2v) is 8.41. The first kappa shape index (κ1) is 18.7. The van der Waals surface area contributed by atoms with Gasteiger partial charge in [0.15, 0.2) is 0 Å². The zero-order valence-electron chi connectivity index (χ0n) is 14.1. The molecule has 0 atom stereocenters. The molecular formula is C18H20ClN3O3S. The summed E-state index contributed by atoms with van der Waals surface area (Å²) in [5.41, 5.74) is 1.30. The van der Waals surface area contributed by atoms with E-state index in [4.69, 9.17) is 11.6 Å². The fraction of sp³-hybridized carbons (Fsp3) is 0.278. The van der Waals surface area contributed by atoms with Gasteiger partial charge in [0.25, 0.3) is 0 Å². The van der Waals surface area contributed by atoms with Gasteiger partial charge < -0.3 is 10.2 Å². The smallest absolute Gasteiger partial charge is 0.321 e. The molecule has 1 N–H and O–H groups in total. The molecule has 3 rings (SSSR count). The Hall–Kier alpha value is -2.09. The molecule has 0 aliphatic carbocycles. The Kier molecular flexibility index (Phi) is 5.80. The minimum Gasteiger partial charge on any atom is -0.322 e. The lowest BCUT2D eigenvalue weighted by molar-refractivity contribution is 0.184. The number of anilines is 1. The van der Waals surface area contributed by atoms with Crippen molar-refractivity contribution in [1.29, 1.82) is 0 Å². The number of piperazine rings is 1. The summed E-state index contributed by atoms with van der Waals surface area (Å²) in [5.74, 6) is -0.0281. The van der Waals surface area contributed by atoms with Crippen molar-refractivity contribution in [3.8, 4) is 0 Å². The summed E-state index contributed by atoms with van der Waals surface area (Å²) in [6.07, 6.45) is 0. The number of urea groups is 1. The van der Waals surface area contributed by atoms with E-state index < -0.39 is 10.0 Å². The van der Waals surface area contributed by atoms with Crippen LogP contribution >= 0.6 is 11.6 Å². The quantitative estimate of drug-likeness (QED) is 0.868. The van der Waals surface area contributed by atoms with E-state index in [-0.39, 0.29) is 24.9 Å². The topological polar surface area (TPSA) is 69.7 Å². The van der Waals surface area contributed by atoms with Crippen LogP contribution in [-0.4, -0.2) is 49.8 Å². The van der Waals surface area contributed by atoms with Crippen LogP contribution in [0.5, 0.6) is 0 Å². The van der Waals surface area contributed by atoms with Gasteiger partial charge in [-0.1, -0.05) is 54.1 Å². The highest BCUT2D eigenvalue weighted by Crippen LogP contribution is 2.21. The van der Waals surface area contributed by atoms with Gasteiger partial charge in [0.2, 0.25) is 10.0 Å². The molecule has 2 amide bonds. The third-order valence-corrected chi connectivity index (χ3v) is 6.41. The van der Waals surface area contributed by atoms with Crippen molar-refractivity contribution in [2.75, 3.05) is 31.5 Å². The van der Waals surface area contributed by atoms with E-state index in [1.807, 2.05) is 18.2 Å². The van der Waals surface area contributed by atoms with Gasteiger partial charge in [0.05, 0.1) is 16.5 Å². The van der Waals surface area contributed by atoms with E-state index in [2.05, 4.69) is 5.32 Å². The molecule has 2 aromatic carbocycles. The average Bonchev–Trinajstić information content (AvgIpc) is 2.64. The number of amides is 2. The van der Waals surface area contributed by atoms with Gasteiger partial charge in [-0.15, -0.1) is 0 Å². The minimum absolute atomic E-state index is 0.0281. The summed E-state index contributed by atoms with van der Waals surface area (Å²) >= 11 is 6.05. The number of halogens is 1. The van der Waals surface area contributed by atoms with Crippen LogP contribution < -0.4 is 5.32 Å². The Bertz CT molecular complexity index is 866. The molecule has 1 aliphatic heterocycles. The van der Waals surface area contributed by atoms with Crippen molar-refractivity contribution in [2.24, 2.45) is 0 Å². The highest BCUT2D eigenvalue weighted by molar-refractivity contribution is 7.88. The number of carbonyl (C=O) groups excluding carboxylic acids is 1. The van der Waals surface area contributed by atoms with Crippen molar-refractivity contribution in [3.05, 3.63) is 65.2 Å². The molecule has 8 heteroatoms. The fourth-order valence-electron chi connectivity index (χ4n) is 2.80. The standard InChI is InChI=1S/C18H20ClN3O3S/c19-16-8-4-5-9-17(16)20-18(23)21-10-12-22(13-11-21)26(24,25)14-15-6-2-1-3-7-15/h1-9H,10-14H2,(H,20,23). The zero-order valence-corrected chi connectivity index (χ0v) is 15.7. The summed E-state index contributed by atoms with van der Waals surface area (Å²) in [7, 11) is -3.40. The number of carbonyl (C=O) groups is 1. The maximum atomic E-state index is 12.6. The Labute approximate surface area is 158 Å². The van der Waals surface area contributed by atoms with Gasteiger partial charge in [-0.3, -0.25) is 0 Å². The number of nitrogens with one attached hydrogen (secondary N) is 1. The van der Waals surface area contributed by atoms with Crippen LogP contribution in [0.4, 0.5) is 10.5 Å². The second kappa shape index (κ2) is 8.07. The fourth-order valence-corrected chi connectivity index (χ4v) is 4.50. The lowest BCUT2D eigenvalue weighted by atomic mass is 10.2. The average molecular weight is 394 g/mol. The number of para-hydroxylation sites is 1. The molecule has 6 nitrogen and oxygen atoms in total. The van der Waals surface area contributed by atoms with Crippen molar-refractivity contribution in [3.63, 3.8) is 0 Å². The molecule has 138 valence electrons. The molecule has 0 radical (unpaired) electrons. The predicted molar refractivity (Wildman–Crippen MR) is 103 cm³/mol. The number of hydrogen-bond acceptors (Lipinski definition) is 3. The molecule has 0 spiro atoms. The molecule has 1 fully saturated rings. The second-order valence-electron chi connectivity index (χ2n) is 6.04. The Morgan fingerprint density at radius 1 is 0.962 bits per heavy atom. The SMILES string of the molecule is O=C(Nc1ccccc1Cl)N1CCN(S(=O)(=O)Cc2ccccc2)CC1. The number of hydrogen-bond donors (Lipinski definition) is 1. The summed E-state index contributed by atoms with van der Waals surface area (Å²) in [5, 5.41) is 3.22. The molecule has 0 aromatic heterocycles. The molecule has 0 unspecified atom stereocenters. The zero-order chi connectivity index (χ0) is 18.6. The van der Waals surface area contributed by atoms with E-state index in [0.717, 1.165) is 5.56 Å². The van der Waals surface area contributed by atoms with Crippen molar-refractivity contribution >= 4 is 33.3 Å². The van der Waals surface area contributed by atoms with Gasteiger partial charge in [0, 0.05) is 26.2 Å². The van der Waals surface area contributed by atoms with Gasteiger partial charge >= 0.3 is 6.03 Å². The number of rotatable bonds is 4. The largest absolute Gasteiger partial charge is 0.322 e. The minimum atomic E-state index is -3.40. The maximum Gasteiger partial charge on any atom is 0.321 e. The van der Waals surface area contributed by atoms with Crippen molar-refractivity contribution < 1.29 is 13.2 Å². The first-order chi connectivity index (χ1) is 12.5. The summed E-state index contributed by atoms with van der Waals surface area (Å²) in [6.45, 7) is 1.24. The third-order valence-electron chi connectivity index (χ3n) is 4.23. The van der Waals surface area contributed by atoms with Crippen LogP contribution in [0.25, 0.3) is 0 Å². The van der Waals surface area contributed by atoms with Gasteiger partial charge in [0.1, 0.15) is 0 Å². The Balaban J connectivity index is 1.57. The summed E-state index contributed by atoms with van der Waals surface area (Å²) in [6, 6.07) is 15.8. The molecule has 1 aliphatic rings. The van der Waals surface area contributed by atoms with Gasteiger partial charge in [-0.2, -0.15) is 4.31 Å². The Morgan fingerprint density at radius 3 is 2.23 bits per heavy atom. The Morgan fingerprint density at radius 2 is 1.58 bits per heavy atom. The van der Waals surface area contributed by atoms with Crippen LogP contribution in [0, 0.1) is 0 Å². The molecule has 1 saturated heterocycles. The first-order valence-electron chi connectivity index (χ1n) is 8.28. The van der Waals surface area contributed by atoms with Crippen LogP contribution in [0.15, 0.2) is 54.6 Å². The maximum absolute atomic E-state index is 12.6. The van der Waals surface area contributed by atoms with Crippen LogP contribution in [0.3, 0.4) is 0 Å². The van der Waals surface area contributed by atoms with E-state index in [0.29, 0.717) is 23.8 Å². The summed E-state index contributed by atoms with van der Waals surface area (Å²) in [4.78, 5) is 14.0. The molecule has 1 heterocycles. The normalized spacial score (nSPS) is 15.7. The number of sulfonamides is 1. The lowest BCUT2D eigenvalue weighted by Gasteiger charge is -2.34. The monoisotopic (exact) mass is 393 g/mol. The first-order valence-corrected chi connectivity index (χ1v) is 10.3.